The average Bonchev–Trinajstić information content (AvgIpc) is 3.29. The van der Waals surface area contributed by atoms with Crippen molar-refractivity contribution >= 4 is 45.7 Å². The third-order valence-electron chi connectivity index (χ3n) is 3.98. The Morgan fingerprint density at radius 1 is 1.25 bits per heavy atom. The van der Waals surface area contributed by atoms with Crippen molar-refractivity contribution in [3.8, 4) is 0 Å². The molecule has 0 saturated heterocycles. The number of nitrogens with one attached hydrogen (secondary N) is 2. The van der Waals surface area contributed by atoms with Gasteiger partial charge in [-0.05, 0) is 25.5 Å². The van der Waals surface area contributed by atoms with Crippen LogP contribution in [0.25, 0.3) is 0 Å². The fourth-order valence-corrected chi connectivity index (χ4v) is 3.72. The number of aromatic nitrogens is 4. The predicted octanol–water partition coefficient (Wildman–Crippen LogP) is 2.88. The zero-order valence-electron chi connectivity index (χ0n) is 15.7. The lowest BCUT2D eigenvalue weighted by molar-refractivity contribution is -0.116. The van der Waals surface area contributed by atoms with Gasteiger partial charge in [-0.3, -0.25) is 9.59 Å². The standard InChI is InChI=1S/C18H20N6O2S2/c1-11-6-4-5-7-13(11)20-15(25)10-14-22-23-18(24(14)3)28-12(2)16(26)21-17-19-8-9-27-17/h4-9,12H,10H2,1-3H3,(H,20,25)(H,19,21,26)/t12-/m1/s1. The topological polar surface area (TPSA) is 102 Å². The molecule has 0 radical (unpaired) electrons. The average molecular weight is 417 g/mol. The van der Waals surface area contributed by atoms with Gasteiger partial charge in [-0.1, -0.05) is 30.0 Å². The number of hydrogen-bond acceptors (Lipinski definition) is 7. The number of carbonyl (C=O) groups is 2. The van der Waals surface area contributed by atoms with Gasteiger partial charge in [0.05, 0.1) is 11.7 Å². The molecule has 0 bridgehead atoms. The van der Waals surface area contributed by atoms with Gasteiger partial charge in [0.2, 0.25) is 11.8 Å². The summed E-state index contributed by atoms with van der Waals surface area (Å²) in [4.78, 5) is 28.6. The number of thiazole rings is 1. The molecule has 0 unspecified atom stereocenters. The predicted molar refractivity (Wildman–Crippen MR) is 111 cm³/mol. The normalized spacial score (nSPS) is 11.8. The molecule has 2 N–H and O–H groups in total. The Labute approximate surface area is 170 Å². The van der Waals surface area contributed by atoms with E-state index in [0.29, 0.717) is 16.1 Å². The van der Waals surface area contributed by atoms with E-state index < -0.39 is 0 Å². The minimum Gasteiger partial charge on any atom is -0.325 e. The van der Waals surface area contributed by atoms with E-state index in [1.165, 1.54) is 23.1 Å². The first-order chi connectivity index (χ1) is 13.4. The number of carbonyl (C=O) groups excluding carboxylic acids is 2. The van der Waals surface area contributed by atoms with Gasteiger partial charge in [0.15, 0.2) is 10.3 Å². The highest BCUT2D eigenvalue weighted by molar-refractivity contribution is 8.00. The first-order valence-corrected chi connectivity index (χ1v) is 10.3. The molecule has 0 spiro atoms. The second-order valence-electron chi connectivity index (χ2n) is 6.08. The van der Waals surface area contributed by atoms with Crippen molar-refractivity contribution in [3.05, 3.63) is 47.2 Å². The quantitative estimate of drug-likeness (QED) is 0.574. The van der Waals surface area contributed by atoms with Crippen LogP contribution in [0.1, 0.15) is 18.3 Å². The summed E-state index contributed by atoms with van der Waals surface area (Å²) in [7, 11) is 1.78. The van der Waals surface area contributed by atoms with Crippen LogP contribution in [0.15, 0.2) is 41.0 Å². The van der Waals surface area contributed by atoms with Crippen LogP contribution in [0, 0.1) is 6.92 Å². The minimum absolute atomic E-state index is 0.0953. The summed E-state index contributed by atoms with van der Waals surface area (Å²) in [6.45, 7) is 3.72. The maximum atomic E-state index is 12.3. The Kier molecular flexibility index (Phi) is 6.42. The fraction of sp³-hybridized carbons (Fsp3) is 0.278. The molecule has 0 fully saturated rings. The van der Waals surface area contributed by atoms with Gasteiger partial charge in [-0.2, -0.15) is 0 Å². The molecule has 8 nitrogen and oxygen atoms in total. The van der Waals surface area contributed by atoms with E-state index in [4.69, 9.17) is 0 Å². The molecule has 0 aliphatic rings. The smallest absolute Gasteiger partial charge is 0.239 e. The van der Waals surface area contributed by atoms with E-state index in [1.54, 1.807) is 30.1 Å². The van der Waals surface area contributed by atoms with Crippen molar-refractivity contribution in [2.75, 3.05) is 10.6 Å². The molecule has 3 aromatic rings. The van der Waals surface area contributed by atoms with Gasteiger partial charge >= 0.3 is 0 Å². The SMILES string of the molecule is Cc1ccccc1NC(=O)Cc1nnc(S[C@H](C)C(=O)Nc2nccs2)n1C. The van der Waals surface area contributed by atoms with Crippen molar-refractivity contribution in [1.29, 1.82) is 0 Å². The molecule has 28 heavy (non-hydrogen) atoms. The van der Waals surface area contributed by atoms with Crippen molar-refractivity contribution in [2.24, 2.45) is 7.05 Å². The highest BCUT2D eigenvalue weighted by Crippen LogP contribution is 2.23. The molecule has 3 rings (SSSR count). The largest absolute Gasteiger partial charge is 0.325 e. The van der Waals surface area contributed by atoms with Crippen molar-refractivity contribution < 1.29 is 9.59 Å². The first-order valence-electron chi connectivity index (χ1n) is 8.55. The lowest BCUT2D eigenvalue weighted by atomic mass is 10.2. The summed E-state index contributed by atoms with van der Waals surface area (Å²) in [6, 6.07) is 7.58. The van der Waals surface area contributed by atoms with Gasteiger partial charge in [0.1, 0.15) is 5.82 Å². The number of amides is 2. The molecule has 2 heterocycles. The van der Waals surface area contributed by atoms with Gasteiger partial charge < -0.3 is 15.2 Å². The lowest BCUT2D eigenvalue weighted by Crippen LogP contribution is -2.22. The molecule has 146 valence electrons. The summed E-state index contributed by atoms with van der Waals surface area (Å²) in [5.41, 5.74) is 1.77. The van der Waals surface area contributed by atoms with Crippen molar-refractivity contribution in [1.82, 2.24) is 19.7 Å². The second kappa shape index (κ2) is 8.98. The van der Waals surface area contributed by atoms with Gasteiger partial charge in [0.25, 0.3) is 0 Å². The van der Waals surface area contributed by atoms with Crippen LogP contribution in [0.4, 0.5) is 10.8 Å². The molecule has 2 amide bonds. The fourth-order valence-electron chi connectivity index (χ4n) is 2.36. The Balaban J connectivity index is 1.59. The third-order valence-corrected chi connectivity index (χ3v) is 5.80. The Bertz CT molecular complexity index is 970. The zero-order valence-corrected chi connectivity index (χ0v) is 17.3. The van der Waals surface area contributed by atoms with Crippen LogP contribution in [0.5, 0.6) is 0 Å². The maximum absolute atomic E-state index is 12.3. The minimum atomic E-state index is -0.388. The molecule has 1 aromatic carbocycles. The Morgan fingerprint density at radius 2 is 2.04 bits per heavy atom. The monoisotopic (exact) mass is 416 g/mol. The van der Waals surface area contributed by atoms with Crippen LogP contribution >= 0.6 is 23.1 Å². The second-order valence-corrected chi connectivity index (χ2v) is 8.29. The number of para-hydroxylation sites is 1. The number of thioether (sulfide) groups is 1. The van der Waals surface area contributed by atoms with E-state index in [1.807, 2.05) is 31.2 Å². The zero-order chi connectivity index (χ0) is 20.1. The molecular formula is C18H20N6O2S2. The van der Waals surface area contributed by atoms with Gasteiger partial charge in [0, 0.05) is 24.3 Å². The van der Waals surface area contributed by atoms with E-state index >= 15 is 0 Å². The number of aryl methyl sites for hydroxylation is 1. The van der Waals surface area contributed by atoms with E-state index in [9.17, 15) is 9.59 Å². The van der Waals surface area contributed by atoms with Crippen molar-refractivity contribution in [2.45, 2.75) is 30.7 Å². The number of rotatable bonds is 7. The highest BCUT2D eigenvalue weighted by Gasteiger charge is 2.20. The molecule has 2 aromatic heterocycles. The Morgan fingerprint density at radius 3 is 2.75 bits per heavy atom. The van der Waals surface area contributed by atoms with Gasteiger partial charge in [-0.15, -0.1) is 21.5 Å². The lowest BCUT2D eigenvalue weighted by Gasteiger charge is -2.10. The molecule has 0 aliphatic carbocycles. The first kappa shape index (κ1) is 20.0. The summed E-state index contributed by atoms with van der Waals surface area (Å²) < 4.78 is 1.73. The third kappa shape index (κ3) is 4.96. The Hall–Kier alpha value is -2.72. The molecule has 1 atom stereocenters. The summed E-state index contributed by atoms with van der Waals surface area (Å²) in [6.07, 6.45) is 1.73. The number of benzene rings is 1. The molecule has 0 saturated carbocycles. The van der Waals surface area contributed by atoms with Gasteiger partial charge in [-0.25, -0.2) is 4.98 Å². The molecule has 0 aliphatic heterocycles. The van der Waals surface area contributed by atoms with Crippen LogP contribution in [0.2, 0.25) is 0 Å². The number of anilines is 2. The summed E-state index contributed by atoms with van der Waals surface area (Å²) in [5, 5.41) is 16.4. The van der Waals surface area contributed by atoms with E-state index in [0.717, 1.165) is 11.3 Å². The van der Waals surface area contributed by atoms with Crippen LogP contribution in [0.3, 0.4) is 0 Å². The summed E-state index contributed by atoms with van der Waals surface area (Å²) in [5.74, 6) is 0.193. The molecular weight excluding hydrogens is 396 g/mol. The maximum Gasteiger partial charge on any atom is 0.239 e. The van der Waals surface area contributed by atoms with Crippen LogP contribution < -0.4 is 10.6 Å². The van der Waals surface area contributed by atoms with Crippen LogP contribution in [-0.4, -0.2) is 36.8 Å². The number of nitrogens with zero attached hydrogens (tertiary/aromatic N) is 4. The summed E-state index contributed by atoms with van der Waals surface area (Å²) >= 11 is 2.64. The highest BCUT2D eigenvalue weighted by atomic mass is 32.2. The molecule has 10 heteroatoms. The van der Waals surface area contributed by atoms with Crippen LogP contribution in [-0.2, 0) is 23.1 Å². The van der Waals surface area contributed by atoms with E-state index in [-0.39, 0.29) is 23.5 Å². The van der Waals surface area contributed by atoms with E-state index in [2.05, 4.69) is 25.8 Å². The number of hydrogen-bond donors (Lipinski definition) is 2. The van der Waals surface area contributed by atoms with Crippen molar-refractivity contribution in [3.63, 3.8) is 0 Å².